The highest BCUT2D eigenvalue weighted by atomic mass is 35.5. The van der Waals surface area contributed by atoms with Gasteiger partial charge < -0.3 is 15.7 Å². The maximum absolute atomic E-state index is 12.2. The van der Waals surface area contributed by atoms with Crippen molar-refractivity contribution in [2.24, 2.45) is 0 Å². The van der Waals surface area contributed by atoms with E-state index in [2.05, 4.69) is 15.6 Å². The molecule has 1 atom stereocenters. The molecular weight excluding hydrogens is 366 g/mol. The Morgan fingerprint density at radius 1 is 1.28 bits per heavy atom. The highest BCUT2D eigenvalue weighted by Gasteiger charge is 2.17. The van der Waals surface area contributed by atoms with E-state index in [0.717, 1.165) is 16.9 Å². The number of rotatable bonds is 7. The molecule has 0 saturated heterocycles. The van der Waals surface area contributed by atoms with E-state index in [4.69, 9.17) is 16.7 Å². The number of thiazole rings is 1. The molecule has 7 nitrogen and oxygen atoms in total. The summed E-state index contributed by atoms with van der Waals surface area (Å²) in [5.74, 6) is -1.65. The standard InChI is InChI=1S/C16H16ClN3O4S/c1-9(21)19-12(10-2-4-11(17)5-3-10)6-14(22)18-7-15-20-13(8-25-15)16(23)24/h2-5,8,12H,6-7H2,1H3,(H,18,22)(H,19,21)(H,23,24). The lowest BCUT2D eigenvalue weighted by Crippen LogP contribution is -2.32. The Labute approximate surface area is 153 Å². The fraction of sp³-hybridized carbons (Fsp3) is 0.250. The van der Waals surface area contributed by atoms with Crippen molar-refractivity contribution in [3.05, 3.63) is 50.9 Å². The maximum Gasteiger partial charge on any atom is 0.355 e. The van der Waals surface area contributed by atoms with Gasteiger partial charge in [-0.3, -0.25) is 9.59 Å². The lowest BCUT2D eigenvalue weighted by atomic mass is 10.0. The molecule has 0 saturated carbocycles. The second-order valence-electron chi connectivity index (χ2n) is 5.22. The first-order valence-corrected chi connectivity index (χ1v) is 8.58. The van der Waals surface area contributed by atoms with Crippen molar-refractivity contribution in [2.75, 3.05) is 0 Å². The van der Waals surface area contributed by atoms with Gasteiger partial charge in [0.15, 0.2) is 5.69 Å². The summed E-state index contributed by atoms with van der Waals surface area (Å²) >= 11 is 7.01. The largest absolute Gasteiger partial charge is 0.476 e. The van der Waals surface area contributed by atoms with Gasteiger partial charge in [0.05, 0.1) is 19.0 Å². The third kappa shape index (κ3) is 5.84. The smallest absolute Gasteiger partial charge is 0.355 e. The highest BCUT2D eigenvalue weighted by Crippen LogP contribution is 2.19. The molecule has 0 aliphatic heterocycles. The summed E-state index contributed by atoms with van der Waals surface area (Å²) in [5, 5.41) is 16.7. The third-order valence-electron chi connectivity index (χ3n) is 3.25. The molecule has 0 radical (unpaired) electrons. The molecule has 0 bridgehead atoms. The highest BCUT2D eigenvalue weighted by molar-refractivity contribution is 7.09. The predicted octanol–water partition coefficient (Wildman–Crippen LogP) is 2.38. The van der Waals surface area contributed by atoms with Crippen LogP contribution in [0, 0.1) is 0 Å². The van der Waals surface area contributed by atoms with Crippen molar-refractivity contribution >= 4 is 40.7 Å². The number of carbonyl (C=O) groups excluding carboxylic acids is 2. The van der Waals surface area contributed by atoms with E-state index in [-0.39, 0.29) is 30.5 Å². The van der Waals surface area contributed by atoms with Gasteiger partial charge in [0.1, 0.15) is 5.01 Å². The topological polar surface area (TPSA) is 108 Å². The molecule has 1 aromatic heterocycles. The van der Waals surface area contributed by atoms with E-state index in [1.165, 1.54) is 12.3 Å². The number of nitrogens with zero attached hydrogens (tertiary/aromatic N) is 1. The number of carbonyl (C=O) groups is 3. The van der Waals surface area contributed by atoms with E-state index in [0.29, 0.717) is 10.0 Å². The predicted molar refractivity (Wildman–Crippen MR) is 93.5 cm³/mol. The number of hydrogen-bond acceptors (Lipinski definition) is 5. The molecule has 2 rings (SSSR count). The molecule has 1 heterocycles. The van der Waals surface area contributed by atoms with Crippen molar-refractivity contribution in [3.63, 3.8) is 0 Å². The zero-order valence-corrected chi connectivity index (χ0v) is 14.9. The van der Waals surface area contributed by atoms with Crippen molar-refractivity contribution < 1.29 is 19.5 Å². The van der Waals surface area contributed by atoms with Crippen molar-refractivity contribution in [1.82, 2.24) is 15.6 Å². The number of halogens is 1. The van der Waals surface area contributed by atoms with E-state index in [9.17, 15) is 14.4 Å². The Morgan fingerprint density at radius 3 is 2.52 bits per heavy atom. The quantitative estimate of drug-likeness (QED) is 0.682. The zero-order chi connectivity index (χ0) is 18.4. The summed E-state index contributed by atoms with van der Waals surface area (Å²) in [6, 6.07) is 6.38. The SMILES string of the molecule is CC(=O)NC(CC(=O)NCc1nc(C(=O)O)cs1)c1ccc(Cl)cc1. The summed E-state index contributed by atoms with van der Waals surface area (Å²) in [7, 11) is 0. The molecule has 9 heteroatoms. The van der Waals surface area contributed by atoms with Crippen LogP contribution in [0.3, 0.4) is 0 Å². The first kappa shape index (κ1) is 18.9. The average Bonchev–Trinajstić information content (AvgIpc) is 3.02. The Balaban J connectivity index is 1.97. The first-order chi connectivity index (χ1) is 11.8. The Morgan fingerprint density at radius 2 is 1.96 bits per heavy atom. The molecule has 3 N–H and O–H groups in total. The number of carboxylic acids is 1. The molecule has 1 unspecified atom stereocenters. The fourth-order valence-corrected chi connectivity index (χ4v) is 2.95. The van der Waals surface area contributed by atoms with E-state index >= 15 is 0 Å². The van der Waals surface area contributed by atoms with E-state index < -0.39 is 12.0 Å². The van der Waals surface area contributed by atoms with Crippen LogP contribution in [-0.2, 0) is 16.1 Å². The van der Waals surface area contributed by atoms with Gasteiger partial charge in [-0.2, -0.15) is 0 Å². The minimum Gasteiger partial charge on any atom is -0.476 e. The van der Waals surface area contributed by atoms with Gasteiger partial charge in [-0.05, 0) is 17.7 Å². The summed E-state index contributed by atoms with van der Waals surface area (Å²) in [6.07, 6.45) is 0.0401. The first-order valence-electron chi connectivity index (χ1n) is 7.32. The average molecular weight is 382 g/mol. The normalized spacial score (nSPS) is 11.6. The summed E-state index contributed by atoms with van der Waals surface area (Å²) in [5.41, 5.74) is 0.712. The van der Waals surface area contributed by atoms with Crippen LogP contribution in [0.1, 0.15) is 40.4 Å². The van der Waals surface area contributed by atoms with Crippen LogP contribution in [0.2, 0.25) is 5.02 Å². The number of aromatic carboxylic acids is 1. The molecule has 1 aromatic carbocycles. The van der Waals surface area contributed by atoms with Crippen LogP contribution >= 0.6 is 22.9 Å². The monoisotopic (exact) mass is 381 g/mol. The fourth-order valence-electron chi connectivity index (χ4n) is 2.11. The van der Waals surface area contributed by atoms with Gasteiger partial charge in [-0.15, -0.1) is 11.3 Å². The van der Waals surface area contributed by atoms with Gasteiger partial charge in [0, 0.05) is 17.3 Å². The maximum atomic E-state index is 12.2. The number of amides is 2. The zero-order valence-electron chi connectivity index (χ0n) is 13.3. The second kappa shape index (κ2) is 8.59. The Hall–Kier alpha value is -2.45. The van der Waals surface area contributed by atoms with Crippen LogP contribution in [0.15, 0.2) is 29.6 Å². The molecular formula is C16H16ClN3O4S. The van der Waals surface area contributed by atoms with Crippen molar-refractivity contribution in [3.8, 4) is 0 Å². The molecule has 0 aliphatic carbocycles. The summed E-state index contributed by atoms with van der Waals surface area (Å²) < 4.78 is 0. The molecule has 2 amide bonds. The molecule has 132 valence electrons. The van der Waals surface area contributed by atoms with Gasteiger partial charge in [0.2, 0.25) is 11.8 Å². The Kier molecular flexibility index (Phi) is 6.49. The molecule has 2 aromatic rings. The van der Waals surface area contributed by atoms with Gasteiger partial charge in [0.25, 0.3) is 0 Å². The number of benzene rings is 1. The summed E-state index contributed by atoms with van der Waals surface area (Å²) in [4.78, 5) is 38.2. The number of carboxylic acid groups (broad SMARTS) is 1. The number of nitrogens with one attached hydrogen (secondary N) is 2. The van der Waals surface area contributed by atoms with Crippen LogP contribution in [0.4, 0.5) is 0 Å². The minimum atomic E-state index is -1.11. The lowest BCUT2D eigenvalue weighted by molar-refractivity contribution is -0.122. The van der Waals surface area contributed by atoms with Crippen LogP contribution in [0.25, 0.3) is 0 Å². The van der Waals surface area contributed by atoms with Crippen molar-refractivity contribution in [1.29, 1.82) is 0 Å². The van der Waals surface area contributed by atoms with Crippen molar-refractivity contribution in [2.45, 2.75) is 25.9 Å². The van der Waals surface area contributed by atoms with Gasteiger partial charge >= 0.3 is 5.97 Å². The third-order valence-corrected chi connectivity index (χ3v) is 4.35. The van der Waals surface area contributed by atoms with E-state index in [1.807, 2.05) is 0 Å². The van der Waals surface area contributed by atoms with Gasteiger partial charge in [-0.25, -0.2) is 9.78 Å². The molecule has 0 aliphatic rings. The van der Waals surface area contributed by atoms with Crippen LogP contribution in [-0.4, -0.2) is 27.9 Å². The molecule has 0 spiro atoms. The molecule has 0 fully saturated rings. The number of aromatic nitrogens is 1. The minimum absolute atomic E-state index is 0.0401. The Bertz CT molecular complexity index is 776. The van der Waals surface area contributed by atoms with E-state index in [1.54, 1.807) is 24.3 Å². The summed E-state index contributed by atoms with van der Waals surface area (Å²) in [6.45, 7) is 1.51. The molecule has 25 heavy (non-hydrogen) atoms. The van der Waals surface area contributed by atoms with Crippen LogP contribution < -0.4 is 10.6 Å². The second-order valence-corrected chi connectivity index (χ2v) is 6.60. The van der Waals surface area contributed by atoms with Crippen LogP contribution in [0.5, 0.6) is 0 Å². The van der Waals surface area contributed by atoms with Gasteiger partial charge in [-0.1, -0.05) is 23.7 Å². The lowest BCUT2D eigenvalue weighted by Gasteiger charge is -2.18. The number of hydrogen-bond donors (Lipinski definition) is 3.